The summed E-state index contributed by atoms with van der Waals surface area (Å²) in [6, 6.07) is 4.62. The Balaban J connectivity index is 2.34. The molecule has 0 aliphatic heterocycles. The predicted molar refractivity (Wildman–Crippen MR) is 80.6 cm³/mol. The van der Waals surface area contributed by atoms with Gasteiger partial charge in [0, 0.05) is 13.0 Å². The average molecular weight is 348 g/mol. The SMILES string of the molecule is COC(=O)CCCCCNC(=O)Nc1ccccc1OC(F)(F)F. The van der Waals surface area contributed by atoms with Crippen LogP contribution in [0.4, 0.5) is 23.7 Å². The lowest BCUT2D eigenvalue weighted by molar-refractivity contribution is -0.274. The van der Waals surface area contributed by atoms with E-state index in [-0.39, 0.29) is 11.7 Å². The maximum absolute atomic E-state index is 12.3. The maximum Gasteiger partial charge on any atom is 0.573 e. The van der Waals surface area contributed by atoms with Crippen LogP contribution in [0.2, 0.25) is 0 Å². The molecule has 0 unspecified atom stereocenters. The van der Waals surface area contributed by atoms with Gasteiger partial charge in [0.15, 0.2) is 5.75 Å². The van der Waals surface area contributed by atoms with Crippen molar-refractivity contribution in [1.29, 1.82) is 0 Å². The minimum Gasteiger partial charge on any atom is -0.469 e. The van der Waals surface area contributed by atoms with E-state index in [2.05, 4.69) is 20.1 Å². The monoisotopic (exact) mass is 348 g/mol. The zero-order valence-corrected chi connectivity index (χ0v) is 13.1. The van der Waals surface area contributed by atoms with Crippen molar-refractivity contribution in [2.24, 2.45) is 0 Å². The number of carbonyl (C=O) groups excluding carboxylic acids is 2. The molecule has 1 aromatic carbocycles. The smallest absolute Gasteiger partial charge is 0.469 e. The molecule has 0 bridgehead atoms. The lowest BCUT2D eigenvalue weighted by Gasteiger charge is -2.14. The van der Waals surface area contributed by atoms with E-state index in [0.29, 0.717) is 32.2 Å². The quantitative estimate of drug-likeness (QED) is 0.557. The molecule has 1 rings (SSSR count). The molecule has 1 aromatic rings. The summed E-state index contributed by atoms with van der Waals surface area (Å²) in [6.45, 7) is 0.329. The van der Waals surface area contributed by atoms with E-state index >= 15 is 0 Å². The van der Waals surface area contributed by atoms with Gasteiger partial charge in [-0.25, -0.2) is 4.79 Å². The molecule has 0 aromatic heterocycles. The average Bonchev–Trinajstić information content (AvgIpc) is 2.51. The number of hydrogen-bond acceptors (Lipinski definition) is 4. The number of hydrogen-bond donors (Lipinski definition) is 2. The second kappa shape index (κ2) is 9.64. The van der Waals surface area contributed by atoms with Gasteiger partial charge < -0.3 is 20.1 Å². The number of para-hydroxylation sites is 2. The van der Waals surface area contributed by atoms with Crippen molar-refractivity contribution in [3.05, 3.63) is 24.3 Å². The number of nitrogens with one attached hydrogen (secondary N) is 2. The topological polar surface area (TPSA) is 76.7 Å². The summed E-state index contributed by atoms with van der Waals surface area (Å²) >= 11 is 0. The molecule has 0 aliphatic rings. The summed E-state index contributed by atoms with van der Waals surface area (Å²) in [5.41, 5.74) is -0.0852. The van der Waals surface area contributed by atoms with Crippen molar-refractivity contribution in [2.45, 2.75) is 32.0 Å². The molecular formula is C15H19F3N2O4. The molecule has 0 radical (unpaired) electrons. The first kappa shape index (κ1) is 19.6. The summed E-state index contributed by atoms with van der Waals surface area (Å²) in [5.74, 6) is -0.778. The zero-order valence-electron chi connectivity index (χ0n) is 13.1. The van der Waals surface area contributed by atoms with Crippen LogP contribution in [0.25, 0.3) is 0 Å². The molecule has 2 amide bonds. The number of benzene rings is 1. The predicted octanol–water partition coefficient (Wildman–Crippen LogP) is 3.44. The number of esters is 1. The van der Waals surface area contributed by atoms with Crippen molar-refractivity contribution in [3.63, 3.8) is 0 Å². The molecule has 6 nitrogen and oxygen atoms in total. The van der Waals surface area contributed by atoms with Crippen LogP contribution in [0, 0.1) is 0 Å². The number of methoxy groups -OCH3 is 1. The Morgan fingerprint density at radius 2 is 1.83 bits per heavy atom. The molecule has 24 heavy (non-hydrogen) atoms. The molecule has 0 aliphatic carbocycles. The van der Waals surface area contributed by atoms with Crippen molar-refractivity contribution >= 4 is 17.7 Å². The van der Waals surface area contributed by atoms with Gasteiger partial charge in [-0.05, 0) is 25.0 Å². The Labute approximate surface area is 137 Å². The molecule has 0 saturated carbocycles. The van der Waals surface area contributed by atoms with E-state index in [1.54, 1.807) is 0 Å². The fourth-order valence-corrected chi connectivity index (χ4v) is 1.83. The van der Waals surface area contributed by atoms with E-state index in [4.69, 9.17) is 0 Å². The van der Waals surface area contributed by atoms with Crippen LogP contribution in [-0.4, -0.2) is 32.0 Å². The number of carbonyl (C=O) groups is 2. The molecule has 2 N–H and O–H groups in total. The highest BCUT2D eigenvalue weighted by atomic mass is 19.4. The summed E-state index contributed by atoms with van der Waals surface area (Å²) < 4.78 is 45.2. The van der Waals surface area contributed by atoms with Gasteiger partial charge in [-0.2, -0.15) is 0 Å². The highest BCUT2D eigenvalue weighted by Gasteiger charge is 2.32. The molecular weight excluding hydrogens is 329 g/mol. The van der Waals surface area contributed by atoms with Gasteiger partial charge in [0.05, 0.1) is 12.8 Å². The Kier molecular flexibility index (Phi) is 7.87. The third-order valence-corrected chi connectivity index (χ3v) is 2.93. The first-order chi connectivity index (χ1) is 11.3. The molecule has 9 heteroatoms. The normalized spacial score (nSPS) is 10.8. The molecule has 0 saturated heterocycles. The second-order valence-electron chi connectivity index (χ2n) is 4.81. The highest BCUT2D eigenvalue weighted by molar-refractivity contribution is 5.90. The van der Waals surface area contributed by atoms with Crippen LogP contribution < -0.4 is 15.4 Å². The third kappa shape index (κ3) is 8.25. The van der Waals surface area contributed by atoms with Crippen LogP contribution in [0.5, 0.6) is 5.75 Å². The van der Waals surface area contributed by atoms with Gasteiger partial charge in [0.1, 0.15) is 0 Å². The van der Waals surface area contributed by atoms with Crippen LogP contribution in [-0.2, 0) is 9.53 Å². The lowest BCUT2D eigenvalue weighted by Crippen LogP contribution is -2.30. The number of unbranched alkanes of at least 4 members (excludes halogenated alkanes) is 2. The van der Waals surface area contributed by atoms with Crippen LogP contribution in [0.15, 0.2) is 24.3 Å². The number of rotatable bonds is 8. The van der Waals surface area contributed by atoms with Crippen molar-refractivity contribution in [3.8, 4) is 5.75 Å². The summed E-state index contributed by atoms with van der Waals surface area (Å²) in [4.78, 5) is 22.6. The number of anilines is 1. The minimum atomic E-state index is -4.84. The first-order valence-corrected chi connectivity index (χ1v) is 7.28. The van der Waals surface area contributed by atoms with E-state index < -0.39 is 18.1 Å². The lowest BCUT2D eigenvalue weighted by atomic mass is 10.2. The largest absolute Gasteiger partial charge is 0.573 e. The van der Waals surface area contributed by atoms with Crippen LogP contribution in [0.3, 0.4) is 0 Å². The minimum absolute atomic E-state index is 0.0852. The summed E-state index contributed by atoms with van der Waals surface area (Å²) in [6.07, 6.45) is -2.55. The van der Waals surface area contributed by atoms with Crippen molar-refractivity contribution in [2.75, 3.05) is 19.0 Å². The number of ether oxygens (including phenoxy) is 2. The third-order valence-electron chi connectivity index (χ3n) is 2.93. The Morgan fingerprint density at radius 1 is 1.12 bits per heavy atom. The number of urea groups is 1. The van der Waals surface area contributed by atoms with E-state index in [1.807, 2.05) is 0 Å². The van der Waals surface area contributed by atoms with Gasteiger partial charge in [-0.1, -0.05) is 18.6 Å². The fourth-order valence-electron chi connectivity index (χ4n) is 1.83. The fraction of sp³-hybridized carbons (Fsp3) is 0.467. The van der Waals surface area contributed by atoms with E-state index in [9.17, 15) is 22.8 Å². The van der Waals surface area contributed by atoms with Gasteiger partial charge in [-0.3, -0.25) is 4.79 Å². The summed E-state index contributed by atoms with van der Waals surface area (Å²) in [7, 11) is 1.31. The maximum atomic E-state index is 12.3. The van der Waals surface area contributed by atoms with Crippen LogP contribution >= 0.6 is 0 Å². The number of halogens is 3. The highest BCUT2D eigenvalue weighted by Crippen LogP contribution is 2.29. The van der Waals surface area contributed by atoms with Gasteiger partial charge >= 0.3 is 18.4 Å². The molecule has 0 heterocycles. The number of amides is 2. The van der Waals surface area contributed by atoms with E-state index in [0.717, 1.165) is 6.07 Å². The van der Waals surface area contributed by atoms with E-state index in [1.165, 1.54) is 25.3 Å². The molecule has 0 spiro atoms. The molecule has 0 atom stereocenters. The molecule has 0 fully saturated rings. The Hall–Kier alpha value is -2.45. The first-order valence-electron chi connectivity index (χ1n) is 7.28. The van der Waals surface area contributed by atoms with Crippen LogP contribution in [0.1, 0.15) is 25.7 Å². The van der Waals surface area contributed by atoms with Gasteiger partial charge in [0.25, 0.3) is 0 Å². The van der Waals surface area contributed by atoms with Gasteiger partial charge in [-0.15, -0.1) is 13.2 Å². The Morgan fingerprint density at radius 3 is 2.50 bits per heavy atom. The standard InChI is InChI=1S/C15H19F3N2O4/c1-23-13(21)9-3-2-6-10-19-14(22)20-11-7-4-5-8-12(11)24-15(16,17)18/h4-5,7-8H,2-3,6,9-10H2,1H3,(H2,19,20,22). The zero-order chi connectivity index (χ0) is 18.0. The second-order valence-corrected chi connectivity index (χ2v) is 4.81. The Bertz CT molecular complexity index is 550. The van der Waals surface area contributed by atoms with Gasteiger partial charge in [0.2, 0.25) is 0 Å². The summed E-state index contributed by atoms with van der Waals surface area (Å²) in [5, 5.41) is 4.82. The van der Waals surface area contributed by atoms with Crippen molar-refractivity contribution in [1.82, 2.24) is 5.32 Å². The van der Waals surface area contributed by atoms with Crippen molar-refractivity contribution < 1.29 is 32.2 Å². The molecule has 134 valence electrons. The number of alkyl halides is 3.